The van der Waals surface area contributed by atoms with Gasteiger partial charge in [0.25, 0.3) is 0 Å². The predicted molar refractivity (Wildman–Crippen MR) is 96.3 cm³/mol. The molecular weight excluding hydrogens is 318 g/mol. The largest absolute Gasteiger partial charge is 0.361 e. The third kappa shape index (κ3) is 5.44. The van der Waals surface area contributed by atoms with E-state index in [1.54, 1.807) is 0 Å². The summed E-state index contributed by atoms with van der Waals surface area (Å²) in [6.07, 6.45) is 2.61. The number of hydrogen-bond donors (Lipinski definition) is 1. The fraction of sp³-hybridized carbons (Fsp3) is 0.778. The van der Waals surface area contributed by atoms with Gasteiger partial charge in [-0.05, 0) is 32.2 Å². The van der Waals surface area contributed by atoms with Gasteiger partial charge in [0.05, 0.1) is 5.69 Å². The smallest absolute Gasteiger partial charge is 0.317 e. The van der Waals surface area contributed by atoms with Crippen molar-refractivity contribution in [1.82, 2.24) is 25.2 Å². The summed E-state index contributed by atoms with van der Waals surface area (Å²) in [5, 5.41) is 7.12. The van der Waals surface area contributed by atoms with Crippen LogP contribution in [-0.4, -0.2) is 78.2 Å². The Labute approximate surface area is 150 Å². The van der Waals surface area contributed by atoms with Crippen LogP contribution in [0.4, 0.5) is 4.79 Å². The third-order valence-electron chi connectivity index (χ3n) is 5.17. The minimum atomic E-state index is 0.0713. The minimum Gasteiger partial charge on any atom is -0.361 e. The molecule has 0 radical (unpaired) electrons. The standard InChI is InChI=1S/C18H31N5O2/c1-15-4-3-6-21(13-15)7-5-19-18(24)23-10-8-22(9-11-23)14-17-12-16(2)25-20-17/h12,15H,3-11,13-14H2,1-2H3,(H,19,24)/t15-/m1/s1. The lowest BCUT2D eigenvalue weighted by Crippen LogP contribution is -2.52. The topological polar surface area (TPSA) is 64.8 Å². The van der Waals surface area contributed by atoms with Crippen LogP contribution in [0, 0.1) is 12.8 Å². The zero-order valence-electron chi connectivity index (χ0n) is 15.5. The number of aryl methyl sites for hydroxylation is 1. The Bertz CT molecular complexity index is 553. The van der Waals surface area contributed by atoms with Crippen molar-refractivity contribution < 1.29 is 9.32 Å². The summed E-state index contributed by atoms with van der Waals surface area (Å²) in [7, 11) is 0. The van der Waals surface area contributed by atoms with Crippen molar-refractivity contribution >= 4 is 6.03 Å². The Morgan fingerprint density at radius 3 is 2.76 bits per heavy atom. The molecule has 2 aliphatic heterocycles. The number of likely N-dealkylation sites (tertiary alicyclic amines) is 1. The summed E-state index contributed by atoms with van der Waals surface area (Å²) in [5.41, 5.74) is 0.964. The average molecular weight is 349 g/mol. The molecule has 0 bridgehead atoms. The highest BCUT2D eigenvalue weighted by Gasteiger charge is 2.22. The van der Waals surface area contributed by atoms with E-state index >= 15 is 0 Å². The Kier molecular flexibility index (Phi) is 6.31. The molecule has 25 heavy (non-hydrogen) atoms. The van der Waals surface area contributed by atoms with E-state index in [2.05, 4.69) is 27.2 Å². The molecule has 2 aliphatic rings. The van der Waals surface area contributed by atoms with Gasteiger partial charge in [-0.3, -0.25) is 4.90 Å². The lowest BCUT2D eigenvalue weighted by molar-refractivity contribution is 0.131. The van der Waals surface area contributed by atoms with Crippen LogP contribution in [0.2, 0.25) is 0 Å². The molecule has 0 aromatic carbocycles. The van der Waals surface area contributed by atoms with E-state index in [9.17, 15) is 4.79 Å². The number of nitrogens with one attached hydrogen (secondary N) is 1. The summed E-state index contributed by atoms with van der Waals surface area (Å²) in [5.74, 6) is 1.63. The van der Waals surface area contributed by atoms with Crippen LogP contribution in [0.5, 0.6) is 0 Å². The van der Waals surface area contributed by atoms with Gasteiger partial charge in [0.15, 0.2) is 0 Å². The number of piperidine rings is 1. The second kappa shape index (κ2) is 8.67. The Morgan fingerprint density at radius 2 is 2.08 bits per heavy atom. The molecule has 1 atom stereocenters. The molecule has 3 rings (SSSR count). The number of carbonyl (C=O) groups is 1. The van der Waals surface area contributed by atoms with Crippen LogP contribution >= 0.6 is 0 Å². The van der Waals surface area contributed by atoms with Gasteiger partial charge in [-0.25, -0.2) is 4.79 Å². The van der Waals surface area contributed by atoms with E-state index in [4.69, 9.17) is 4.52 Å². The minimum absolute atomic E-state index is 0.0713. The van der Waals surface area contributed by atoms with Crippen LogP contribution in [0.1, 0.15) is 31.2 Å². The van der Waals surface area contributed by atoms with Crippen LogP contribution in [-0.2, 0) is 6.54 Å². The zero-order chi connectivity index (χ0) is 17.6. The normalized spacial score (nSPS) is 23.0. The second-order valence-corrected chi connectivity index (χ2v) is 7.47. The lowest BCUT2D eigenvalue weighted by atomic mass is 10.0. The van der Waals surface area contributed by atoms with Crippen LogP contribution in [0.3, 0.4) is 0 Å². The molecule has 2 amide bonds. The molecule has 0 unspecified atom stereocenters. The molecule has 2 fully saturated rings. The fourth-order valence-corrected chi connectivity index (χ4v) is 3.75. The fourth-order valence-electron chi connectivity index (χ4n) is 3.75. The average Bonchev–Trinajstić information content (AvgIpc) is 3.00. The van der Waals surface area contributed by atoms with Crippen molar-refractivity contribution in [3.63, 3.8) is 0 Å². The molecule has 1 aromatic heterocycles. The van der Waals surface area contributed by atoms with Crippen molar-refractivity contribution in [1.29, 1.82) is 0 Å². The molecule has 0 spiro atoms. The molecule has 3 heterocycles. The first kappa shape index (κ1) is 18.2. The number of urea groups is 1. The van der Waals surface area contributed by atoms with E-state index < -0.39 is 0 Å². The number of hydrogen-bond acceptors (Lipinski definition) is 5. The van der Waals surface area contributed by atoms with E-state index in [1.165, 1.54) is 19.4 Å². The second-order valence-electron chi connectivity index (χ2n) is 7.47. The monoisotopic (exact) mass is 349 g/mol. The van der Waals surface area contributed by atoms with Gasteiger partial charge >= 0.3 is 6.03 Å². The van der Waals surface area contributed by atoms with Crippen molar-refractivity contribution in [2.45, 2.75) is 33.2 Å². The molecule has 2 saturated heterocycles. The summed E-state index contributed by atoms with van der Waals surface area (Å²) in [4.78, 5) is 19.0. The third-order valence-corrected chi connectivity index (χ3v) is 5.17. The maximum Gasteiger partial charge on any atom is 0.317 e. The Balaban J connectivity index is 1.32. The van der Waals surface area contributed by atoms with E-state index in [1.807, 2.05) is 17.9 Å². The maximum absolute atomic E-state index is 12.3. The highest BCUT2D eigenvalue weighted by atomic mass is 16.5. The Morgan fingerprint density at radius 1 is 1.28 bits per heavy atom. The highest BCUT2D eigenvalue weighted by molar-refractivity contribution is 5.74. The first-order valence-corrected chi connectivity index (χ1v) is 9.50. The zero-order valence-corrected chi connectivity index (χ0v) is 15.5. The number of carbonyl (C=O) groups excluding carboxylic acids is 1. The summed E-state index contributed by atoms with van der Waals surface area (Å²) < 4.78 is 5.11. The van der Waals surface area contributed by atoms with E-state index in [0.717, 1.165) is 69.7 Å². The van der Waals surface area contributed by atoms with Crippen LogP contribution in [0.25, 0.3) is 0 Å². The van der Waals surface area contributed by atoms with Crippen molar-refractivity contribution in [2.75, 3.05) is 52.4 Å². The van der Waals surface area contributed by atoms with Gasteiger partial charge in [0.1, 0.15) is 5.76 Å². The van der Waals surface area contributed by atoms with Gasteiger partial charge in [0, 0.05) is 58.4 Å². The maximum atomic E-state index is 12.3. The molecule has 7 heteroatoms. The molecule has 0 saturated carbocycles. The number of rotatable bonds is 5. The number of nitrogens with zero attached hydrogens (tertiary/aromatic N) is 4. The number of amides is 2. The van der Waals surface area contributed by atoms with Gasteiger partial charge in [-0.1, -0.05) is 12.1 Å². The van der Waals surface area contributed by atoms with Gasteiger partial charge in [-0.2, -0.15) is 0 Å². The molecule has 140 valence electrons. The first-order valence-electron chi connectivity index (χ1n) is 9.50. The van der Waals surface area contributed by atoms with Gasteiger partial charge < -0.3 is 19.6 Å². The quantitative estimate of drug-likeness (QED) is 0.874. The van der Waals surface area contributed by atoms with Crippen molar-refractivity contribution in [3.8, 4) is 0 Å². The SMILES string of the molecule is Cc1cc(CN2CCN(C(=O)NCCN3CCC[C@@H](C)C3)CC2)no1. The van der Waals surface area contributed by atoms with Gasteiger partial charge in [0.2, 0.25) is 0 Å². The molecule has 0 aliphatic carbocycles. The Hall–Kier alpha value is -1.60. The first-order chi connectivity index (χ1) is 12.1. The van der Waals surface area contributed by atoms with E-state index in [0.29, 0.717) is 0 Å². The lowest BCUT2D eigenvalue weighted by Gasteiger charge is -2.34. The molecule has 1 aromatic rings. The van der Waals surface area contributed by atoms with Gasteiger partial charge in [-0.15, -0.1) is 0 Å². The number of aromatic nitrogens is 1. The van der Waals surface area contributed by atoms with E-state index in [-0.39, 0.29) is 6.03 Å². The summed E-state index contributed by atoms with van der Waals surface area (Å²) in [6.45, 7) is 12.3. The van der Waals surface area contributed by atoms with Crippen LogP contribution < -0.4 is 5.32 Å². The highest BCUT2D eigenvalue weighted by Crippen LogP contribution is 2.14. The molecule has 1 N–H and O–H groups in total. The number of piperazine rings is 1. The predicted octanol–water partition coefficient (Wildman–Crippen LogP) is 1.54. The molecule has 7 nitrogen and oxygen atoms in total. The molecular formula is C18H31N5O2. The summed E-state index contributed by atoms with van der Waals surface area (Å²) in [6, 6.07) is 2.04. The van der Waals surface area contributed by atoms with Crippen LogP contribution in [0.15, 0.2) is 10.6 Å². The summed E-state index contributed by atoms with van der Waals surface area (Å²) >= 11 is 0. The van der Waals surface area contributed by atoms with Crippen molar-refractivity contribution in [3.05, 3.63) is 17.5 Å². The van der Waals surface area contributed by atoms with Crippen molar-refractivity contribution in [2.24, 2.45) is 5.92 Å².